The number of thioether (sulfide) groups is 1. The number of benzene rings is 5. The Bertz CT molecular complexity index is 1950. The van der Waals surface area contributed by atoms with Gasteiger partial charge in [-0.2, -0.15) is 0 Å². The zero-order valence-electron chi connectivity index (χ0n) is 26.5. The summed E-state index contributed by atoms with van der Waals surface area (Å²) in [4.78, 5) is 17.5. The smallest absolute Gasteiger partial charge is 0.251 e. The molecule has 1 aliphatic rings. The first kappa shape index (κ1) is 32.2. The molecule has 0 radical (unpaired) electrons. The fourth-order valence-electron chi connectivity index (χ4n) is 6.02. The number of thiazole rings is 1. The average Bonchev–Trinajstić information content (AvgIpc) is 3.57. The van der Waals surface area contributed by atoms with Crippen molar-refractivity contribution in [1.82, 2.24) is 10.3 Å². The molecule has 1 saturated heterocycles. The summed E-state index contributed by atoms with van der Waals surface area (Å²) >= 11 is 3.44. The number of carbonyl (C=O) groups excluding carboxylic acids is 1. The lowest BCUT2D eigenvalue weighted by Gasteiger charge is -2.41. The van der Waals surface area contributed by atoms with Gasteiger partial charge in [-0.25, -0.2) is 4.98 Å². The summed E-state index contributed by atoms with van der Waals surface area (Å²) in [6.45, 7) is 2.60. The van der Waals surface area contributed by atoms with Crippen molar-refractivity contribution in [3.8, 4) is 11.1 Å². The number of nitrogens with one attached hydrogen (secondary N) is 1. The van der Waals surface area contributed by atoms with Gasteiger partial charge in [-0.05, 0) is 52.1 Å². The summed E-state index contributed by atoms with van der Waals surface area (Å²) < 4.78 is 15.6. The van der Waals surface area contributed by atoms with E-state index in [1.807, 2.05) is 84.9 Å². The number of fused-ring (bicyclic) bond motifs is 1. The number of rotatable bonds is 10. The Morgan fingerprint density at radius 2 is 1.54 bits per heavy atom. The zero-order chi connectivity index (χ0) is 32.9. The second-order valence-electron chi connectivity index (χ2n) is 11.9. The van der Waals surface area contributed by atoms with Crippen LogP contribution in [0.15, 0.2) is 132 Å². The van der Waals surface area contributed by atoms with Gasteiger partial charge in [0.2, 0.25) is 0 Å². The van der Waals surface area contributed by atoms with E-state index < -0.39 is 6.29 Å². The molecule has 1 fully saturated rings. The van der Waals surface area contributed by atoms with E-state index in [2.05, 4.69) is 54.7 Å². The van der Waals surface area contributed by atoms with E-state index in [0.29, 0.717) is 12.1 Å². The minimum Gasteiger partial charge on any atom is -0.392 e. The molecule has 2 N–H and O–H groups in total. The van der Waals surface area contributed by atoms with Gasteiger partial charge in [-0.15, -0.1) is 11.3 Å². The van der Waals surface area contributed by atoms with E-state index in [-0.39, 0.29) is 30.6 Å². The summed E-state index contributed by atoms with van der Waals surface area (Å²) in [5.41, 5.74) is 7.67. The highest BCUT2D eigenvalue weighted by atomic mass is 32.2. The van der Waals surface area contributed by atoms with Crippen LogP contribution in [0.2, 0.25) is 0 Å². The van der Waals surface area contributed by atoms with Crippen LogP contribution in [0.5, 0.6) is 0 Å². The van der Waals surface area contributed by atoms with E-state index in [9.17, 15) is 9.90 Å². The molecular weight excluding hydrogens is 637 g/mol. The number of carbonyl (C=O) groups is 1. The summed E-state index contributed by atoms with van der Waals surface area (Å²) in [6, 6.07) is 41.9. The van der Waals surface area contributed by atoms with Crippen molar-refractivity contribution in [2.24, 2.45) is 5.92 Å². The van der Waals surface area contributed by atoms with Crippen molar-refractivity contribution in [3.05, 3.63) is 155 Å². The molecule has 2 heterocycles. The molecule has 242 valence electrons. The number of aliphatic hydroxyl groups is 1. The molecule has 0 unspecified atom stereocenters. The van der Waals surface area contributed by atoms with Crippen LogP contribution in [0.25, 0.3) is 21.3 Å². The van der Waals surface area contributed by atoms with Crippen molar-refractivity contribution >= 4 is 39.2 Å². The van der Waals surface area contributed by atoms with E-state index in [1.54, 1.807) is 23.1 Å². The van der Waals surface area contributed by atoms with Gasteiger partial charge in [0.05, 0.1) is 29.0 Å². The van der Waals surface area contributed by atoms with E-state index in [0.717, 1.165) is 49.0 Å². The molecule has 1 aliphatic heterocycles. The lowest BCUT2D eigenvalue weighted by atomic mass is 9.91. The molecule has 0 saturated carbocycles. The van der Waals surface area contributed by atoms with Crippen LogP contribution in [0.4, 0.5) is 0 Å². The van der Waals surface area contributed by atoms with Gasteiger partial charge in [-0.3, -0.25) is 4.79 Å². The Balaban J connectivity index is 1.10. The highest BCUT2D eigenvalue weighted by Gasteiger charge is 2.38. The van der Waals surface area contributed by atoms with Crippen molar-refractivity contribution in [1.29, 1.82) is 0 Å². The summed E-state index contributed by atoms with van der Waals surface area (Å²) in [7, 11) is 0. The number of hydrogen-bond acceptors (Lipinski definition) is 7. The number of aromatic nitrogens is 1. The molecule has 0 spiro atoms. The molecule has 4 atom stereocenters. The fraction of sp³-hybridized carbons (Fsp3) is 0.200. The third-order valence-corrected chi connectivity index (χ3v) is 11.0. The van der Waals surface area contributed by atoms with Gasteiger partial charge in [-0.1, -0.05) is 122 Å². The van der Waals surface area contributed by atoms with Gasteiger partial charge in [0.25, 0.3) is 5.91 Å². The first-order valence-electron chi connectivity index (χ1n) is 16.1. The molecule has 8 heteroatoms. The highest BCUT2D eigenvalue weighted by Crippen LogP contribution is 2.44. The Kier molecular flexibility index (Phi) is 9.98. The summed E-state index contributed by atoms with van der Waals surface area (Å²) in [5.74, 6) is 0.727. The molecule has 7 rings (SSSR count). The number of hydrogen-bond donors (Lipinski definition) is 2. The Morgan fingerprint density at radius 3 is 2.31 bits per heavy atom. The highest BCUT2D eigenvalue weighted by molar-refractivity contribution is 8.01. The Labute approximate surface area is 288 Å². The van der Waals surface area contributed by atoms with Gasteiger partial charge in [0.15, 0.2) is 10.6 Å². The second kappa shape index (κ2) is 14.8. The second-order valence-corrected chi connectivity index (χ2v) is 14.2. The van der Waals surface area contributed by atoms with Gasteiger partial charge < -0.3 is 19.9 Å². The minimum atomic E-state index is -0.556. The lowest BCUT2D eigenvalue weighted by molar-refractivity contribution is -0.268. The summed E-state index contributed by atoms with van der Waals surface area (Å²) in [6.07, 6.45) is -0.831. The molecule has 6 nitrogen and oxygen atoms in total. The predicted octanol–water partition coefficient (Wildman–Crippen LogP) is 8.97. The Morgan fingerprint density at radius 1 is 0.833 bits per heavy atom. The van der Waals surface area contributed by atoms with Crippen LogP contribution in [0.3, 0.4) is 0 Å². The topological polar surface area (TPSA) is 80.7 Å². The van der Waals surface area contributed by atoms with Crippen LogP contribution in [-0.4, -0.2) is 27.9 Å². The first-order valence-corrected chi connectivity index (χ1v) is 17.9. The molecule has 0 aliphatic carbocycles. The molecular formula is C40H36N2O4S2. The molecule has 1 aromatic heterocycles. The average molecular weight is 673 g/mol. The first-order chi connectivity index (χ1) is 23.6. The maximum atomic E-state index is 12.7. The monoisotopic (exact) mass is 672 g/mol. The number of nitrogens with zero attached hydrogens (tertiary/aromatic N) is 1. The predicted molar refractivity (Wildman–Crippen MR) is 193 cm³/mol. The van der Waals surface area contributed by atoms with Crippen LogP contribution in [0, 0.1) is 5.92 Å². The SMILES string of the molecule is C[C@@H]1[C@H](CSc2nc3ccccc3s2)O[C@H](c2ccc(-c3ccccc3CNC(=O)c3ccccc3)cc2)O[C@@H]1c1ccc(CO)cc1. The normalized spacial score (nSPS) is 19.3. The molecule has 0 bridgehead atoms. The summed E-state index contributed by atoms with van der Waals surface area (Å²) in [5, 5.41) is 12.7. The Hall–Kier alpha value is -4.31. The minimum absolute atomic E-state index is 0.00337. The van der Waals surface area contributed by atoms with Crippen LogP contribution in [0.1, 0.15) is 51.9 Å². The number of para-hydroxylation sites is 1. The molecule has 48 heavy (non-hydrogen) atoms. The lowest BCUT2D eigenvalue weighted by Crippen LogP contribution is -2.38. The number of amides is 1. The molecule has 6 aromatic rings. The molecule has 5 aromatic carbocycles. The van der Waals surface area contributed by atoms with E-state index in [1.165, 1.54) is 4.70 Å². The zero-order valence-corrected chi connectivity index (χ0v) is 28.1. The maximum absolute atomic E-state index is 12.7. The quantitative estimate of drug-likeness (QED) is 0.142. The fourth-order valence-corrected chi connectivity index (χ4v) is 8.28. The van der Waals surface area contributed by atoms with Crippen molar-refractivity contribution < 1.29 is 19.4 Å². The third kappa shape index (κ3) is 7.23. The van der Waals surface area contributed by atoms with Crippen LogP contribution >= 0.6 is 23.1 Å². The largest absolute Gasteiger partial charge is 0.392 e. The van der Waals surface area contributed by atoms with Crippen LogP contribution < -0.4 is 5.32 Å². The standard InChI is InChI=1S/C40H36N2O4S2/c1-26-35(25-47-40-42-34-13-7-8-14-36(34)48-40)45-39(46-37(26)29-17-15-27(24-43)16-18-29)31-21-19-28(20-22-31)33-12-6-5-11-32(33)23-41-38(44)30-9-3-2-4-10-30/h2-22,26,35,37,39,43H,23-25H2,1H3,(H,41,44)/t26-,35+,37+,39+/m1/s1. The maximum Gasteiger partial charge on any atom is 0.251 e. The van der Waals surface area contributed by atoms with Gasteiger partial charge in [0.1, 0.15) is 0 Å². The number of aliphatic hydroxyl groups excluding tert-OH is 1. The van der Waals surface area contributed by atoms with Crippen molar-refractivity contribution in [2.75, 3.05) is 5.75 Å². The van der Waals surface area contributed by atoms with Crippen LogP contribution in [-0.2, 0) is 22.6 Å². The van der Waals surface area contributed by atoms with E-state index >= 15 is 0 Å². The van der Waals surface area contributed by atoms with Gasteiger partial charge in [0, 0.05) is 29.3 Å². The van der Waals surface area contributed by atoms with E-state index in [4.69, 9.17) is 14.5 Å². The van der Waals surface area contributed by atoms with Crippen molar-refractivity contribution in [2.45, 2.75) is 42.9 Å². The van der Waals surface area contributed by atoms with Crippen molar-refractivity contribution in [3.63, 3.8) is 0 Å². The number of ether oxygens (including phenoxy) is 2. The third-order valence-electron chi connectivity index (χ3n) is 8.76. The molecule has 1 amide bonds. The van der Waals surface area contributed by atoms with Gasteiger partial charge >= 0.3 is 0 Å².